The van der Waals surface area contributed by atoms with Crippen LogP contribution in [0.3, 0.4) is 0 Å². The number of hydrogen-bond donors (Lipinski definition) is 5. The van der Waals surface area contributed by atoms with Crippen molar-refractivity contribution in [2.24, 2.45) is 0 Å². The minimum Gasteiger partial charge on any atom is -0.477 e. The van der Waals surface area contributed by atoms with Gasteiger partial charge in [-0.2, -0.15) is 5.10 Å². The molecule has 0 aliphatic heterocycles. The normalized spacial score (nSPS) is 10.1. The number of carboxylic acid groups (broad SMARTS) is 1. The second-order valence-electron chi connectivity index (χ2n) is 3.61. The van der Waals surface area contributed by atoms with Crippen LogP contribution in [0, 0.1) is 6.92 Å². The lowest BCUT2D eigenvalue weighted by atomic mass is 10.3. The Morgan fingerprint density at radius 2 is 2.17 bits per heavy atom. The zero-order valence-electron chi connectivity index (χ0n) is 9.44. The van der Waals surface area contributed by atoms with Gasteiger partial charge in [-0.05, 0) is 13.0 Å². The molecule has 94 valence electrons. The van der Waals surface area contributed by atoms with Crippen LogP contribution in [-0.4, -0.2) is 32.3 Å². The van der Waals surface area contributed by atoms with E-state index in [4.69, 9.17) is 5.11 Å². The average molecular weight is 249 g/mol. The zero-order valence-corrected chi connectivity index (χ0v) is 9.44. The number of urea groups is 1. The van der Waals surface area contributed by atoms with Crippen molar-refractivity contribution in [3.63, 3.8) is 0 Å². The van der Waals surface area contributed by atoms with Crippen LogP contribution in [0.25, 0.3) is 0 Å². The second-order valence-corrected chi connectivity index (χ2v) is 3.61. The van der Waals surface area contributed by atoms with Gasteiger partial charge in [-0.1, -0.05) is 0 Å². The van der Waals surface area contributed by atoms with E-state index in [9.17, 15) is 9.59 Å². The highest BCUT2D eigenvalue weighted by Gasteiger charge is 2.15. The SMILES string of the molecule is Cc1cc(NC(=O)Nc2cn[nH]c2)c(C(=O)O)[nH]1. The van der Waals surface area contributed by atoms with Crippen LogP contribution in [0.1, 0.15) is 16.2 Å². The maximum Gasteiger partial charge on any atom is 0.354 e. The van der Waals surface area contributed by atoms with Gasteiger partial charge in [-0.25, -0.2) is 9.59 Å². The topological polar surface area (TPSA) is 123 Å². The van der Waals surface area contributed by atoms with E-state index in [0.717, 1.165) is 0 Å². The van der Waals surface area contributed by atoms with E-state index in [0.29, 0.717) is 11.4 Å². The van der Waals surface area contributed by atoms with Crippen molar-refractivity contribution in [1.29, 1.82) is 0 Å². The fourth-order valence-corrected chi connectivity index (χ4v) is 1.46. The van der Waals surface area contributed by atoms with Gasteiger partial charge < -0.3 is 20.7 Å². The lowest BCUT2D eigenvalue weighted by molar-refractivity contribution is 0.0692. The van der Waals surface area contributed by atoms with Crippen LogP contribution >= 0.6 is 0 Å². The molecule has 2 aromatic rings. The molecule has 18 heavy (non-hydrogen) atoms. The Morgan fingerprint density at radius 1 is 1.39 bits per heavy atom. The Labute approximate surface area is 101 Å². The summed E-state index contributed by atoms with van der Waals surface area (Å²) < 4.78 is 0. The quantitative estimate of drug-likeness (QED) is 0.563. The first-order chi connectivity index (χ1) is 8.56. The van der Waals surface area contributed by atoms with Crippen LogP contribution in [0.2, 0.25) is 0 Å². The van der Waals surface area contributed by atoms with Crippen molar-refractivity contribution in [2.75, 3.05) is 10.6 Å². The lowest BCUT2D eigenvalue weighted by Crippen LogP contribution is -2.20. The summed E-state index contributed by atoms with van der Waals surface area (Å²) in [7, 11) is 0. The van der Waals surface area contributed by atoms with Crippen LogP contribution < -0.4 is 10.6 Å². The Balaban J connectivity index is 2.09. The number of rotatable bonds is 3. The van der Waals surface area contributed by atoms with Gasteiger partial charge in [0.2, 0.25) is 0 Å². The number of amides is 2. The molecule has 0 radical (unpaired) electrons. The molecule has 2 amide bonds. The third-order valence-corrected chi connectivity index (χ3v) is 2.17. The fraction of sp³-hybridized carbons (Fsp3) is 0.100. The summed E-state index contributed by atoms with van der Waals surface area (Å²) >= 11 is 0. The number of aromatic nitrogens is 3. The monoisotopic (exact) mass is 249 g/mol. The van der Waals surface area contributed by atoms with Crippen molar-refractivity contribution in [3.8, 4) is 0 Å². The molecule has 0 spiro atoms. The van der Waals surface area contributed by atoms with E-state index in [1.165, 1.54) is 12.4 Å². The molecule has 0 aliphatic carbocycles. The van der Waals surface area contributed by atoms with Gasteiger partial charge in [0.1, 0.15) is 5.69 Å². The highest BCUT2D eigenvalue weighted by Crippen LogP contribution is 2.17. The number of aryl methyl sites for hydroxylation is 1. The average Bonchev–Trinajstić information content (AvgIpc) is 2.88. The third kappa shape index (κ3) is 2.48. The number of hydrogen-bond acceptors (Lipinski definition) is 3. The largest absolute Gasteiger partial charge is 0.477 e. The van der Waals surface area contributed by atoms with E-state index >= 15 is 0 Å². The molecule has 8 heteroatoms. The number of aromatic amines is 2. The predicted octanol–water partition coefficient (Wildman–Crippen LogP) is 1.39. The third-order valence-electron chi connectivity index (χ3n) is 2.17. The van der Waals surface area contributed by atoms with Crippen LogP contribution in [0.5, 0.6) is 0 Å². The number of carboxylic acids is 1. The Morgan fingerprint density at radius 3 is 2.78 bits per heavy atom. The summed E-state index contributed by atoms with van der Waals surface area (Å²) in [4.78, 5) is 25.2. The van der Waals surface area contributed by atoms with Crippen molar-refractivity contribution >= 4 is 23.4 Å². The molecule has 0 atom stereocenters. The number of carbonyl (C=O) groups excluding carboxylic acids is 1. The first-order valence-corrected chi connectivity index (χ1v) is 5.06. The molecular formula is C10H11N5O3. The molecule has 0 aliphatic rings. The number of nitrogens with one attached hydrogen (secondary N) is 4. The summed E-state index contributed by atoms with van der Waals surface area (Å²) in [6, 6.07) is 0.996. The first kappa shape index (κ1) is 11.7. The first-order valence-electron chi connectivity index (χ1n) is 5.06. The minimum atomic E-state index is -1.14. The molecule has 2 rings (SSSR count). The number of anilines is 2. The highest BCUT2D eigenvalue weighted by atomic mass is 16.4. The molecule has 5 N–H and O–H groups in total. The molecule has 0 fully saturated rings. The predicted molar refractivity (Wildman–Crippen MR) is 63.7 cm³/mol. The molecular weight excluding hydrogens is 238 g/mol. The lowest BCUT2D eigenvalue weighted by Gasteiger charge is -2.04. The van der Waals surface area contributed by atoms with Crippen molar-refractivity contribution in [2.45, 2.75) is 6.92 Å². The number of nitrogens with zero attached hydrogens (tertiary/aromatic N) is 1. The fourth-order valence-electron chi connectivity index (χ4n) is 1.46. The Hall–Kier alpha value is -2.77. The maximum absolute atomic E-state index is 11.6. The molecule has 0 unspecified atom stereocenters. The summed E-state index contributed by atoms with van der Waals surface area (Å²) in [5.74, 6) is -1.14. The van der Waals surface area contributed by atoms with Gasteiger partial charge >= 0.3 is 12.0 Å². The molecule has 2 heterocycles. The van der Waals surface area contributed by atoms with Crippen LogP contribution in [0.4, 0.5) is 16.2 Å². The second kappa shape index (κ2) is 4.62. The van der Waals surface area contributed by atoms with Gasteiger partial charge in [0.15, 0.2) is 0 Å². The maximum atomic E-state index is 11.6. The zero-order chi connectivity index (χ0) is 13.1. The van der Waals surface area contributed by atoms with Crippen molar-refractivity contribution in [3.05, 3.63) is 29.8 Å². The van der Waals surface area contributed by atoms with Gasteiger partial charge in [0.25, 0.3) is 0 Å². The van der Waals surface area contributed by atoms with Gasteiger partial charge in [0, 0.05) is 11.9 Å². The number of H-pyrrole nitrogens is 2. The van der Waals surface area contributed by atoms with E-state index < -0.39 is 12.0 Å². The highest BCUT2D eigenvalue weighted by molar-refractivity contribution is 6.04. The van der Waals surface area contributed by atoms with Gasteiger partial charge in [0.05, 0.1) is 17.6 Å². The Bertz CT molecular complexity index is 572. The summed E-state index contributed by atoms with van der Waals surface area (Å²) in [5.41, 5.74) is 1.28. The van der Waals surface area contributed by atoms with E-state index in [1.54, 1.807) is 13.0 Å². The number of carbonyl (C=O) groups is 2. The summed E-state index contributed by atoms with van der Waals surface area (Å²) in [6.07, 6.45) is 2.93. The molecule has 0 aromatic carbocycles. The van der Waals surface area contributed by atoms with Gasteiger partial charge in [-0.15, -0.1) is 0 Å². The van der Waals surface area contributed by atoms with Crippen LogP contribution in [0.15, 0.2) is 18.5 Å². The smallest absolute Gasteiger partial charge is 0.354 e. The number of aromatic carboxylic acids is 1. The molecule has 8 nitrogen and oxygen atoms in total. The van der Waals surface area contributed by atoms with E-state index in [-0.39, 0.29) is 11.4 Å². The summed E-state index contributed by atoms with van der Waals surface area (Å²) in [6.45, 7) is 1.70. The molecule has 0 bridgehead atoms. The summed E-state index contributed by atoms with van der Waals surface area (Å²) in [5, 5.41) is 20.1. The molecule has 2 aromatic heterocycles. The molecule has 0 saturated carbocycles. The van der Waals surface area contributed by atoms with Crippen molar-refractivity contribution in [1.82, 2.24) is 15.2 Å². The minimum absolute atomic E-state index is 0.0603. The van der Waals surface area contributed by atoms with E-state index in [1.807, 2.05) is 0 Å². The molecule has 0 saturated heterocycles. The Kier molecular flexibility index (Phi) is 3.00. The van der Waals surface area contributed by atoms with E-state index in [2.05, 4.69) is 25.8 Å². The van der Waals surface area contributed by atoms with Gasteiger partial charge in [-0.3, -0.25) is 5.10 Å². The standard InChI is InChI=1S/C10H11N5O3/c1-5-2-7(8(13-5)9(16)17)15-10(18)14-6-3-11-12-4-6/h2-4,13H,1H3,(H,11,12)(H,16,17)(H2,14,15,18). The van der Waals surface area contributed by atoms with Crippen LogP contribution in [-0.2, 0) is 0 Å². The van der Waals surface area contributed by atoms with Crippen molar-refractivity contribution < 1.29 is 14.7 Å².